The number of carbonyl (C=O) groups is 9. The molecule has 20 nitrogen and oxygen atoms in total. The number of fused-ring (bicyclic) bond motifs is 5. The molecule has 5 N–H and O–H groups in total. The second kappa shape index (κ2) is 24.5. The van der Waals surface area contributed by atoms with Crippen molar-refractivity contribution in [2.45, 2.75) is 122 Å². The molecule has 4 heterocycles. The molecule has 3 aliphatic rings. The number of halogens is 1. The molecule has 7 rings (SSSR count). The number of nitrogens with zero attached hydrogens (tertiary/aromatic N) is 3. The second-order valence-electron chi connectivity index (χ2n) is 18.8. The molecule has 21 heteroatoms. The van der Waals surface area contributed by atoms with Crippen LogP contribution in [0.3, 0.4) is 0 Å². The lowest BCUT2D eigenvalue weighted by molar-refractivity contribution is -0.172. The number of hydrogen-bond acceptors (Lipinski definition) is 14. The summed E-state index contributed by atoms with van der Waals surface area (Å²) in [6.45, 7) is 5.42. The van der Waals surface area contributed by atoms with E-state index in [1.165, 1.54) is 10.6 Å². The Morgan fingerprint density at radius 1 is 0.960 bits per heavy atom. The Labute approximate surface area is 430 Å². The Morgan fingerprint density at radius 2 is 1.71 bits per heavy atom. The standard InChI is InChI=1S/C54H60FN7O13/c1-4-48(70)61(30-63)21-11-7-10-14-44(66)56-25-33(64)15-19-46(68)59-40(22-32-12-8-6-9-13-32)43(65)18-20-45(67)57-29-74-28-47(69)58-39-17-16-34-31(3)38(55)24-41-49(34)50(39)35-26-62-42(51(35)60-41)23-37-36(52(62)71)27-75-53(72)54(37,73)5-2/h4,6,8-9,12-13,23-24,30,39-40,73H,1,5,7,10-11,14-22,25-29H2,2-3H3,(H,56,66)(H,57,67)(H,58,69)(H,59,68)/t39?,40-,54-/m0/s1. The summed E-state index contributed by atoms with van der Waals surface area (Å²) in [7, 11) is 0. The van der Waals surface area contributed by atoms with Gasteiger partial charge in [-0.15, -0.1) is 0 Å². The maximum Gasteiger partial charge on any atom is 0.343 e. The molecule has 3 atom stereocenters. The van der Waals surface area contributed by atoms with Gasteiger partial charge in [0.15, 0.2) is 17.2 Å². The molecular formula is C54H60FN7O13. The van der Waals surface area contributed by atoms with Crippen LogP contribution in [0.4, 0.5) is 4.39 Å². The molecule has 0 radical (unpaired) electrons. The van der Waals surface area contributed by atoms with Gasteiger partial charge in [0.25, 0.3) is 11.5 Å². The number of pyridine rings is 2. The fourth-order valence-electron chi connectivity index (χ4n) is 9.77. The summed E-state index contributed by atoms with van der Waals surface area (Å²) >= 11 is 0. The lowest BCUT2D eigenvalue weighted by Crippen LogP contribution is -2.44. The number of Topliss-reactive ketones (excluding diaryl/α,β-unsaturated/α-hetero) is 2. The van der Waals surface area contributed by atoms with E-state index in [4.69, 9.17) is 14.5 Å². The number of amides is 6. The van der Waals surface area contributed by atoms with Gasteiger partial charge < -0.3 is 40.4 Å². The highest BCUT2D eigenvalue weighted by Crippen LogP contribution is 2.46. The van der Waals surface area contributed by atoms with E-state index in [0.29, 0.717) is 77.5 Å². The summed E-state index contributed by atoms with van der Waals surface area (Å²) in [6.07, 6.45) is 3.00. The van der Waals surface area contributed by atoms with Crippen molar-refractivity contribution >= 4 is 64.4 Å². The molecule has 0 bridgehead atoms. The van der Waals surface area contributed by atoms with Crippen LogP contribution in [0.2, 0.25) is 0 Å². The smallest absolute Gasteiger partial charge is 0.343 e. The third-order valence-corrected chi connectivity index (χ3v) is 13.9. The number of aromatic nitrogens is 2. The first-order chi connectivity index (χ1) is 36.0. The number of carbonyl (C=O) groups excluding carboxylic acids is 9. The Bertz CT molecular complexity index is 3010. The highest BCUT2D eigenvalue weighted by Gasteiger charge is 2.46. The van der Waals surface area contributed by atoms with E-state index in [-0.39, 0.29) is 95.0 Å². The number of aliphatic hydroxyl groups is 1. The zero-order valence-electron chi connectivity index (χ0n) is 41.9. The Kier molecular flexibility index (Phi) is 18.0. The van der Waals surface area contributed by atoms with Crippen molar-refractivity contribution in [2.24, 2.45) is 0 Å². The molecule has 0 spiro atoms. The number of hydrogen-bond donors (Lipinski definition) is 5. The number of imide groups is 1. The number of nitrogens with one attached hydrogen (secondary N) is 4. The SMILES string of the molecule is C=CC(=O)N(C=O)CCCCCC(=O)NCC(=O)CCC(=O)N[C@@H](Cc1ccccc1)C(=O)CCC(=O)NCOCC(=O)NC1CCc2c(C)c(F)cc3nc4c(c1c23)Cn1c-4cc2c(c1=O)COC(=O)[C@]2(O)CC. The largest absolute Gasteiger partial charge is 0.458 e. The molecule has 4 aromatic rings. The van der Waals surface area contributed by atoms with Crippen LogP contribution in [0.15, 0.2) is 59.9 Å². The third-order valence-electron chi connectivity index (χ3n) is 13.9. The Hall–Kier alpha value is -7.78. The van der Waals surface area contributed by atoms with Crippen LogP contribution in [-0.2, 0) is 84.2 Å². The fourth-order valence-corrected chi connectivity index (χ4v) is 9.77. The monoisotopic (exact) mass is 1030 g/mol. The summed E-state index contributed by atoms with van der Waals surface area (Å²) in [6, 6.07) is 10.2. The number of aryl methyl sites for hydroxylation is 1. The van der Waals surface area contributed by atoms with E-state index in [1.807, 2.05) is 0 Å². The van der Waals surface area contributed by atoms with Crippen molar-refractivity contribution in [3.8, 4) is 11.4 Å². The van der Waals surface area contributed by atoms with Crippen molar-refractivity contribution in [1.29, 1.82) is 0 Å². The molecule has 2 aromatic heterocycles. The van der Waals surface area contributed by atoms with E-state index in [0.717, 1.165) is 22.1 Å². The molecular weight excluding hydrogens is 974 g/mol. The summed E-state index contributed by atoms with van der Waals surface area (Å²) in [5, 5.41) is 22.8. The molecule has 1 unspecified atom stereocenters. The van der Waals surface area contributed by atoms with Gasteiger partial charge in [0.2, 0.25) is 30.0 Å². The predicted octanol–water partition coefficient (Wildman–Crippen LogP) is 2.99. The maximum atomic E-state index is 15.4. The lowest BCUT2D eigenvalue weighted by Gasteiger charge is -2.31. The van der Waals surface area contributed by atoms with Crippen LogP contribution in [0.25, 0.3) is 22.3 Å². The van der Waals surface area contributed by atoms with Gasteiger partial charge in [0.1, 0.15) is 25.8 Å². The van der Waals surface area contributed by atoms with Gasteiger partial charge in [-0.25, -0.2) is 14.2 Å². The van der Waals surface area contributed by atoms with Gasteiger partial charge in [-0.05, 0) is 79.8 Å². The number of unbranched alkanes of at least 4 members (excludes halogenated alkanes) is 2. The van der Waals surface area contributed by atoms with Crippen LogP contribution < -0.4 is 26.8 Å². The van der Waals surface area contributed by atoms with Crippen molar-refractivity contribution < 1.29 is 62.1 Å². The number of ether oxygens (including phenoxy) is 2. The summed E-state index contributed by atoms with van der Waals surface area (Å²) in [5.41, 5.74) is 1.97. The summed E-state index contributed by atoms with van der Waals surface area (Å²) < 4.78 is 27.6. The van der Waals surface area contributed by atoms with Crippen molar-refractivity contribution in [1.82, 2.24) is 35.7 Å². The number of esters is 1. The highest BCUT2D eigenvalue weighted by molar-refractivity contribution is 5.96. The summed E-state index contributed by atoms with van der Waals surface area (Å²) in [4.78, 5) is 133. The first kappa shape index (κ1) is 55.0. The van der Waals surface area contributed by atoms with Gasteiger partial charge in [-0.1, -0.05) is 50.3 Å². The Balaban J connectivity index is 0.887. The van der Waals surface area contributed by atoms with Gasteiger partial charge in [0, 0.05) is 61.2 Å². The van der Waals surface area contributed by atoms with Crippen molar-refractivity contribution in [2.75, 3.05) is 26.4 Å². The molecule has 0 fully saturated rings. The van der Waals surface area contributed by atoms with Crippen LogP contribution >= 0.6 is 0 Å². The molecule has 0 saturated carbocycles. The molecule has 1 aliphatic carbocycles. The topological polar surface area (TPSA) is 279 Å². The normalized spacial score (nSPS) is 16.3. The zero-order chi connectivity index (χ0) is 54.0. The second-order valence-corrected chi connectivity index (χ2v) is 18.8. The lowest BCUT2D eigenvalue weighted by atomic mass is 9.81. The van der Waals surface area contributed by atoms with Crippen LogP contribution in [0.1, 0.15) is 116 Å². The maximum absolute atomic E-state index is 15.4. The number of benzene rings is 2. The molecule has 396 valence electrons. The minimum absolute atomic E-state index is 0.0465. The van der Waals surface area contributed by atoms with Gasteiger partial charge in [-0.2, -0.15) is 0 Å². The molecule has 0 saturated heterocycles. The van der Waals surface area contributed by atoms with E-state index in [2.05, 4.69) is 27.8 Å². The van der Waals surface area contributed by atoms with Crippen molar-refractivity contribution in [3.63, 3.8) is 0 Å². The minimum atomic E-state index is -2.05. The fraction of sp³-hybridized carbons (Fsp3) is 0.426. The van der Waals surface area contributed by atoms with Gasteiger partial charge >= 0.3 is 5.97 Å². The number of ketones is 2. The zero-order valence-corrected chi connectivity index (χ0v) is 41.9. The van der Waals surface area contributed by atoms with Gasteiger partial charge in [0.05, 0.1) is 47.6 Å². The highest BCUT2D eigenvalue weighted by atomic mass is 19.1. The number of cyclic esters (lactones) is 1. The average molecular weight is 1030 g/mol. The molecule has 2 aliphatic heterocycles. The predicted molar refractivity (Wildman–Crippen MR) is 267 cm³/mol. The number of rotatable bonds is 26. The van der Waals surface area contributed by atoms with Gasteiger partial charge in [-0.3, -0.25) is 48.1 Å². The van der Waals surface area contributed by atoms with Crippen LogP contribution in [0, 0.1) is 12.7 Å². The summed E-state index contributed by atoms with van der Waals surface area (Å²) in [5.74, 6) is -4.70. The van der Waals surface area contributed by atoms with Crippen molar-refractivity contribution in [3.05, 3.63) is 110 Å². The van der Waals surface area contributed by atoms with E-state index >= 15 is 4.39 Å². The van der Waals surface area contributed by atoms with E-state index in [9.17, 15) is 53.1 Å². The molecule has 6 amide bonds. The van der Waals surface area contributed by atoms with Crippen LogP contribution in [0.5, 0.6) is 0 Å². The Morgan fingerprint density at radius 3 is 2.44 bits per heavy atom. The third kappa shape index (κ3) is 12.6. The quantitative estimate of drug-likeness (QED) is 0.0175. The molecule has 2 aromatic carbocycles. The first-order valence-corrected chi connectivity index (χ1v) is 25.0. The van der Waals surface area contributed by atoms with E-state index < -0.39 is 76.8 Å². The molecule has 75 heavy (non-hydrogen) atoms. The van der Waals surface area contributed by atoms with E-state index in [1.54, 1.807) is 50.2 Å². The average Bonchev–Trinajstić information content (AvgIpc) is 3.82. The minimum Gasteiger partial charge on any atom is -0.458 e. The van der Waals surface area contributed by atoms with Crippen LogP contribution in [-0.4, -0.2) is 106 Å². The first-order valence-electron chi connectivity index (χ1n) is 25.0.